The molecule has 0 aliphatic carbocycles. The van der Waals surface area contributed by atoms with Crippen LogP contribution in [-0.4, -0.2) is 37.5 Å². The number of nitrogens with zero attached hydrogens (tertiary/aromatic N) is 1. The van der Waals surface area contributed by atoms with Gasteiger partial charge in [0.25, 0.3) is 5.91 Å². The molecule has 1 amide bonds. The number of amides is 1. The van der Waals surface area contributed by atoms with Crippen LogP contribution in [0.15, 0.2) is 47.5 Å². The summed E-state index contributed by atoms with van der Waals surface area (Å²) in [4.78, 5) is 24.0. The number of rotatable bonds is 7. The number of esters is 1. The molecular formula is C17H21N3O5S. The van der Waals surface area contributed by atoms with Crippen molar-refractivity contribution in [2.45, 2.75) is 24.3 Å². The van der Waals surface area contributed by atoms with Gasteiger partial charge < -0.3 is 14.6 Å². The standard InChI is InChI=1S/C17H21N3O5S/c1-12(25-17(22)15-4-3-11-20(15)2)16(21)19-10-9-13-5-7-14(8-6-13)26(18,23)24/h3-8,11-12H,9-10H2,1-2H3,(H,19,21)(H2,18,23,24)/t12-/m1/s1. The first-order valence-corrected chi connectivity index (χ1v) is 9.45. The molecule has 1 heterocycles. The van der Waals surface area contributed by atoms with Gasteiger partial charge in [-0.1, -0.05) is 12.1 Å². The summed E-state index contributed by atoms with van der Waals surface area (Å²) in [5, 5.41) is 7.71. The number of carbonyl (C=O) groups excluding carboxylic acids is 2. The molecule has 0 saturated carbocycles. The Morgan fingerprint density at radius 3 is 2.42 bits per heavy atom. The van der Waals surface area contributed by atoms with Gasteiger partial charge in [0.2, 0.25) is 10.0 Å². The van der Waals surface area contributed by atoms with Crippen molar-refractivity contribution in [1.82, 2.24) is 9.88 Å². The van der Waals surface area contributed by atoms with Gasteiger partial charge in [0.1, 0.15) is 5.69 Å². The summed E-state index contributed by atoms with van der Waals surface area (Å²) in [7, 11) is -2.01. The van der Waals surface area contributed by atoms with Crippen LogP contribution in [0.25, 0.3) is 0 Å². The molecule has 0 fully saturated rings. The summed E-state index contributed by atoms with van der Waals surface area (Å²) < 4.78 is 29.1. The maximum absolute atomic E-state index is 12.0. The number of aromatic nitrogens is 1. The van der Waals surface area contributed by atoms with Gasteiger partial charge in [-0.25, -0.2) is 18.4 Å². The van der Waals surface area contributed by atoms with Crippen LogP contribution in [0.2, 0.25) is 0 Å². The van der Waals surface area contributed by atoms with E-state index in [1.54, 1.807) is 42.1 Å². The highest BCUT2D eigenvalue weighted by molar-refractivity contribution is 7.89. The number of aryl methyl sites for hydroxylation is 1. The summed E-state index contributed by atoms with van der Waals surface area (Å²) in [5.74, 6) is -0.979. The first-order chi connectivity index (χ1) is 12.2. The molecule has 140 valence electrons. The topological polar surface area (TPSA) is 120 Å². The second kappa shape index (κ2) is 8.15. The normalized spacial score (nSPS) is 12.4. The molecule has 2 rings (SSSR count). The van der Waals surface area contributed by atoms with Crippen LogP contribution in [0, 0.1) is 0 Å². The second-order valence-electron chi connectivity index (χ2n) is 5.78. The molecular weight excluding hydrogens is 358 g/mol. The Morgan fingerprint density at radius 2 is 1.88 bits per heavy atom. The number of nitrogens with one attached hydrogen (secondary N) is 1. The van der Waals surface area contributed by atoms with Crippen LogP contribution < -0.4 is 10.5 Å². The van der Waals surface area contributed by atoms with Crippen LogP contribution in [-0.2, 0) is 33.0 Å². The maximum Gasteiger partial charge on any atom is 0.355 e. The molecule has 0 bridgehead atoms. The van der Waals surface area contributed by atoms with Gasteiger partial charge in [-0.15, -0.1) is 0 Å². The lowest BCUT2D eigenvalue weighted by Gasteiger charge is -2.14. The SMILES string of the molecule is C[C@@H](OC(=O)c1cccn1C)C(=O)NCCc1ccc(S(N)(=O)=O)cc1. The number of hydrogen-bond acceptors (Lipinski definition) is 5. The van der Waals surface area contributed by atoms with E-state index in [2.05, 4.69) is 5.32 Å². The zero-order valence-corrected chi connectivity index (χ0v) is 15.3. The summed E-state index contributed by atoms with van der Waals surface area (Å²) in [6, 6.07) is 9.41. The van der Waals surface area contributed by atoms with Gasteiger partial charge in [0, 0.05) is 19.8 Å². The lowest BCUT2D eigenvalue weighted by atomic mass is 10.1. The zero-order chi connectivity index (χ0) is 19.3. The number of benzene rings is 1. The molecule has 3 N–H and O–H groups in total. The van der Waals surface area contributed by atoms with Crippen LogP contribution >= 0.6 is 0 Å². The Bertz CT molecular complexity index is 887. The number of nitrogens with two attached hydrogens (primary N) is 1. The quantitative estimate of drug-likeness (QED) is 0.682. The van der Waals surface area contributed by atoms with Crippen LogP contribution in [0.1, 0.15) is 23.0 Å². The Kier molecular flexibility index (Phi) is 6.17. The molecule has 0 unspecified atom stereocenters. The third kappa shape index (κ3) is 5.17. The second-order valence-corrected chi connectivity index (χ2v) is 7.34. The van der Waals surface area contributed by atoms with E-state index in [4.69, 9.17) is 9.88 Å². The highest BCUT2D eigenvalue weighted by atomic mass is 32.2. The average Bonchev–Trinajstić information content (AvgIpc) is 3.00. The van der Waals surface area contributed by atoms with Crippen LogP contribution in [0.3, 0.4) is 0 Å². The van der Waals surface area contributed by atoms with Gasteiger partial charge in [-0.2, -0.15) is 0 Å². The monoisotopic (exact) mass is 379 g/mol. The summed E-state index contributed by atoms with van der Waals surface area (Å²) >= 11 is 0. The van der Waals surface area contributed by atoms with Gasteiger partial charge in [-0.3, -0.25) is 4.79 Å². The largest absolute Gasteiger partial charge is 0.448 e. The molecule has 1 atom stereocenters. The molecule has 1 aromatic heterocycles. The van der Waals surface area contributed by atoms with Crippen molar-refractivity contribution in [2.75, 3.05) is 6.54 Å². The molecule has 9 heteroatoms. The van der Waals surface area contributed by atoms with Crippen molar-refractivity contribution in [3.05, 3.63) is 53.9 Å². The third-order valence-corrected chi connectivity index (χ3v) is 4.70. The molecule has 0 saturated heterocycles. The van der Waals surface area contributed by atoms with Crippen molar-refractivity contribution >= 4 is 21.9 Å². The molecule has 8 nitrogen and oxygen atoms in total. The fourth-order valence-corrected chi connectivity index (χ4v) is 2.78. The maximum atomic E-state index is 12.0. The van der Waals surface area contributed by atoms with Crippen molar-refractivity contribution < 1.29 is 22.7 Å². The van der Waals surface area contributed by atoms with E-state index in [0.29, 0.717) is 18.7 Å². The fraction of sp³-hybridized carbons (Fsp3) is 0.294. The van der Waals surface area contributed by atoms with E-state index in [0.717, 1.165) is 5.56 Å². The summed E-state index contributed by atoms with van der Waals surface area (Å²) in [6.07, 6.45) is 1.28. The number of primary sulfonamides is 1. The minimum absolute atomic E-state index is 0.0338. The Labute approximate surface area is 152 Å². The van der Waals surface area contributed by atoms with Crippen molar-refractivity contribution in [1.29, 1.82) is 0 Å². The van der Waals surface area contributed by atoms with Crippen molar-refractivity contribution in [3.8, 4) is 0 Å². The van der Waals surface area contributed by atoms with Crippen molar-refractivity contribution in [3.63, 3.8) is 0 Å². The Balaban J connectivity index is 1.81. The predicted octanol–water partition coefficient (Wildman–Crippen LogP) is 0.577. The minimum atomic E-state index is -3.72. The van der Waals surface area contributed by atoms with Gasteiger partial charge in [-0.05, 0) is 43.2 Å². The van der Waals surface area contributed by atoms with Crippen LogP contribution in [0.5, 0.6) is 0 Å². The first-order valence-electron chi connectivity index (χ1n) is 7.90. The molecule has 26 heavy (non-hydrogen) atoms. The molecule has 0 aliphatic heterocycles. The van der Waals surface area contributed by atoms with Gasteiger partial charge in [0.15, 0.2) is 6.10 Å². The Morgan fingerprint density at radius 1 is 1.23 bits per heavy atom. The number of sulfonamides is 1. The van der Waals surface area contributed by atoms with E-state index in [-0.39, 0.29) is 4.90 Å². The predicted molar refractivity (Wildman–Crippen MR) is 94.8 cm³/mol. The Hall–Kier alpha value is -2.65. The van der Waals surface area contributed by atoms with Gasteiger partial charge in [0.05, 0.1) is 4.90 Å². The molecule has 0 radical (unpaired) electrons. The summed E-state index contributed by atoms with van der Waals surface area (Å²) in [6.45, 7) is 1.82. The molecule has 0 aliphatic rings. The zero-order valence-electron chi connectivity index (χ0n) is 14.5. The van der Waals surface area contributed by atoms with Gasteiger partial charge >= 0.3 is 5.97 Å². The van der Waals surface area contributed by atoms with E-state index in [9.17, 15) is 18.0 Å². The van der Waals surface area contributed by atoms with Crippen LogP contribution in [0.4, 0.5) is 0 Å². The lowest BCUT2D eigenvalue weighted by molar-refractivity contribution is -0.129. The molecule has 1 aromatic carbocycles. The van der Waals surface area contributed by atoms with E-state index in [1.165, 1.54) is 19.1 Å². The van der Waals surface area contributed by atoms with Crippen molar-refractivity contribution in [2.24, 2.45) is 12.2 Å². The number of ether oxygens (including phenoxy) is 1. The molecule has 0 spiro atoms. The minimum Gasteiger partial charge on any atom is -0.448 e. The number of hydrogen-bond donors (Lipinski definition) is 2. The van der Waals surface area contributed by atoms with E-state index in [1.807, 2.05) is 0 Å². The highest BCUT2D eigenvalue weighted by Crippen LogP contribution is 2.09. The van der Waals surface area contributed by atoms with E-state index < -0.39 is 28.0 Å². The first kappa shape index (κ1) is 19.7. The fourth-order valence-electron chi connectivity index (χ4n) is 2.27. The summed E-state index contributed by atoms with van der Waals surface area (Å²) in [5.41, 5.74) is 1.20. The number of carbonyl (C=O) groups is 2. The lowest BCUT2D eigenvalue weighted by Crippen LogP contribution is -2.37. The third-order valence-electron chi connectivity index (χ3n) is 3.77. The van der Waals surface area contributed by atoms with E-state index >= 15 is 0 Å². The smallest absolute Gasteiger partial charge is 0.355 e. The highest BCUT2D eigenvalue weighted by Gasteiger charge is 2.19. The molecule has 2 aromatic rings. The average molecular weight is 379 g/mol.